The van der Waals surface area contributed by atoms with Gasteiger partial charge in [0.2, 0.25) is 0 Å². The van der Waals surface area contributed by atoms with Gasteiger partial charge in [0, 0.05) is 5.69 Å². The third-order valence-electron chi connectivity index (χ3n) is 3.40. The van der Waals surface area contributed by atoms with Gasteiger partial charge in [-0.05, 0) is 23.8 Å². The average molecular weight is 327 g/mol. The maximum Gasteiger partial charge on any atom is 0.352 e. The van der Waals surface area contributed by atoms with Crippen molar-refractivity contribution in [1.29, 1.82) is 0 Å². The van der Waals surface area contributed by atoms with Crippen LogP contribution in [-0.4, -0.2) is 9.49 Å². The number of benzene rings is 2. The van der Waals surface area contributed by atoms with Gasteiger partial charge in [0.15, 0.2) is 0 Å². The van der Waals surface area contributed by atoms with Crippen LogP contribution < -0.4 is 5.56 Å². The van der Waals surface area contributed by atoms with Crippen LogP contribution in [0.1, 0.15) is 0 Å². The monoisotopic (exact) mass is 326 g/mol. The van der Waals surface area contributed by atoms with Crippen LogP contribution in [0.3, 0.4) is 0 Å². The van der Waals surface area contributed by atoms with Gasteiger partial charge in [-0.3, -0.25) is 19.5 Å². The standard InChI is InChI=1S/C17H11ClN2O3/c18-14-11-15(12-7-3-1-4-8-12)19(13-9-5-2-6-10-13)17(21)16(14)20(22)23/h1-11H. The van der Waals surface area contributed by atoms with Gasteiger partial charge in [0.25, 0.3) is 0 Å². The molecule has 0 saturated heterocycles. The fraction of sp³-hybridized carbons (Fsp3) is 0. The molecule has 0 aliphatic carbocycles. The maximum atomic E-state index is 12.7. The van der Waals surface area contributed by atoms with Crippen LogP contribution in [0.25, 0.3) is 16.9 Å². The minimum absolute atomic E-state index is 0.175. The zero-order valence-corrected chi connectivity index (χ0v) is 12.6. The van der Waals surface area contributed by atoms with Crippen molar-refractivity contribution in [3.63, 3.8) is 0 Å². The molecular weight excluding hydrogens is 316 g/mol. The van der Waals surface area contributed by atoms with E-state index in [1.807, 2.05) is 30.3 Å². The number of nitrogens with zero attached hydrogens (tertiary/aromatic N) is 2. The van der Waals surface area contributed by atoms with Crippen LogP contribution in [0.5, 0.6) is 0 Å². The first-order valence-corrected chi connectivity index (χ1v) is 7.18. The van der Waals surface area contributed by atoms with Gasteiger partial charge in [-0.1, -0.05) is 60.1 Å². The largest absolute Gasteiger partial charge is 0.352 e. The van der Waals surface area contributed by atoms with Gasteiger partial charge in [0.05, 0.1) is 10.6 Å². The minimum Gasteiger partial charge on any atom is -0.271 e. The average Bonchev–Trinajstić information content (AvgIpc) is 2.55. The van der Waals surface area contributed by atoms with Crippen molar-refractivity contribution in [2.45, 2.75) is 0 Å². The highest BCUT2D eigenvalue weighted by atomic mass is 35.5. The molecule has 3 aromatic rings. The molecule has 1 aromatic heterocycles. The van der Waals surface area contributed by atoms with Gasteiger partial charge in [-0.15, -0.1) is 0 Å². The molecule has 0 N–H and O–H groups in total. The molecule has 0 amide bonds. The lowest BCUT2D eigenvalue weighted by Crippen LogP contribution is -2.23. The summed E-state index contributed by atoms with van der Waals surface area (Å²) in [5.41, 5.74) is 0.390. The Morgan fingerprint density at radius 3 is 2.09 bits per heavy atom. The SMILES string of the molecule is O=c1c([N+](=O)[O-])c(Cl)cc(-c2ccccc2)n1-c1ccccc1. The first-order chi connectivity index (χ1) is 11.1. The molecular formula is C17H11ClN2O3. The molecule has 23 heavy (non-hydrogen) atoms. The zero-order chi connectivity index (χ0) is 16.4. The first-order valence-electron chi connectivity index (χ1n) is 6.80. The molecule has 3 rings (SSSR count). The Kier molecular flexibility index (Phi) is 3.95. The minimum atomic E-state index is -0.757. The molecule has 0 spiro atoms. The molecule has 0 aliphatic heterocycles. The lowest BCUT2D eigenvalue weighted by Gasteiger charge is -2.13. The molecule has 5 nitrogen and oxygen atoms in total. The van der Waals surface area contributed by atoms with E-state index in [-0.39, 0.29) is 5.02 Å². The van der Waals surface area contributed by atoms with Crippen molar-refractivity contribution in [1.82, 2.24) is 4.57 Å². The normalized spacial score (nSPS) is 10.5. The number of nitro groups is 1. The Balaban J connectivity index is 2.41. The van der Waals surface area contributed by atoms with Crippen molar-refractivity contribution in [2.24, 2.45) is 0 Å². The Bertz CT molecular complexity index is 922. The smallest absolute Gasteiger partial charge is 0.271 e. The van der Waals surface area contributed by atoms with Crippen molar-refractivity contribution in [3.05, 3.63) is 92.2 Å². The van der Waals surface area contributed by atoms with E-state index in [1.54, 1.807) is 30.3 Å². The Morgan fingerprint density at radius 2 is 1.52 bits per heavy atom. The van der Waals surface area contributed by atoms with Crippen molar-refractivity contribution < 1.29 is 4.92 Å². The van der Waals surface area contributed by atoms with Gasteiger partial charge >= 0.3 is 11.2 Å². The number of aromatic nitrogens is 1. The summed E-state index contributed by atoms with van der Waals surface area (Å²) in [5, 5.41) is 11.0. The maximum absolute atomic E-state index is 12.7. The van der Waals surface area contributed by atoms with Gasteiger partial charge < -0.3 is 0 Å². The molecule has 0 aliphatic rings. The van der Waals surface area contributed by atoms with E-state index in [9.17, 15) is 14.9 Å². The second kappa shape index (κ2) is 6.06. The van der Waals surface area contributed by atoms with Crippen molar-refractivity contribution in [3.8, 4) is 16.9 Å². The number of para-hydroxylation sites is 1. The number of hydrogen-bond donors (Lipinski definition) is 0. The second-order valence-corrected chi connectivity index (χ2v) is 5.23. The molecule has 0 fully saturated rings. The molecule has 0 unspecified atom stereocenters. The lowest BCUT2D eigenvalue weighted by atomic mass is 10.1. The first kappa shape index (κ1) is 15.0. The Hall–Kier alpha value is -2.92. The van der Waals surface area contributed by atoms with Crippen LogP contribution in [0.15, 0.2) is 71.5 Å². The predicted molar refractivity (Wildman–Crippen MR) is 89.1 cm³/mol. The zero-order valence-electron chi connectivity index (χ0n) is 11.8. The van der Waals surface area contributed by atoms with E-state index in [4.69, 9.17) is 11.6 Å². The molecule has 0 saturated carbocycles. The molecule has 0 atom stereocenters. The topological polar surface area (TPSA) is 65.1 Å². The van der Waals surface area contributed by atoms with Crippen LogP contribution in [0.4, 0.5) is 5.69 Å². The Morgan fingerprint density at radius 1 is 0.957 bits per heavy atom. The van der Waals surface area contributed by atoms with Crippen LogP contribution in [-0.2, 0) is 0 Å². The highest BCUT2D eigenvalue weighted by Gasteiger charge is 2.24. The summed E-state index contributed by atoms with van der Waals surface area (Å²) in [4.78, 5) is 23.1. The van der Waals surface area contributed by atoms with E-state index < -0.39 is 16.2 Å². The third kappa shape index (κ3) is 2.74. The van der Waals surface area contributed by atoms with Gasteiger partial charge in [-0.25, -0.2) is 0 Å². The molecule has 2 aromatic carbocycles. The Labute approximate surface area is 136 Å². The number of pyridine rings is 1. The van der Waals surface area contributed by atoms with Crippen molar-refractivity contribution >= 4 is 17.3 Å². The fourth-order valence-electron chi connectivity index (χ4n) is 2.39. The molecule has 1 heterocycles. The van der Waals surface area contributed by atoms with E-state index in [1.165, 1.54) is 10.6 Å². The summed E-state index contributed by atoms with van der Waals surface area (Å²) in [7, 11) is 0. The van der Waals surface area contributed by atoms with E-state index in [0.717, 1.165) is 5.56 Å². The number of halogens is 1. The van der Waals surface area contributed by atoms with Crippen LogP contribution in [0.2, 0.25) is 5.02 Å². The van der Waals surface area contributed by atoms with Crippen LogP contribution >= 0.6 is 11.6 Å². The summed E-state index contributed by atoms with van der Waals surface area (Å²) in [6.07, 6.45) is 0. The quantitative estimate of drug-likeness (QED) is 0.538. The molecule has 0 bridgehead atoms. The summed E-state index contributed by atoms with van der Waals surface area (Å²) >= 11 is 5.98. The van der Waals surface area contributed by atoms with E-state index >= 15 is 0 Å². The highest BCUT2D eigenvalue weighted by Crippen LogP contribution is 2.28. The number of hydrogen-bond acceptors (Lipinski definition) is 3. The lowest BCUT2D eigenvalue weighted by molar-refractivity contribution is -0.386. The van der Waals surface area contributed by atoms with E-state index in [2.05, 4.69) is 0 Å². The highest BCUT2D eigenvalue weighted by molar-refractivity contribution is 6.32. The third-order valence-corrected chi connectivity index (χ3v) is 3.69. The summed E-state index contributed by atoms with van der Waals surface area (Å²) in [6.45, 7) is 0. The molecule has 6 heteroatoms. The second-order valence-electron chi connectivity index (χ2n) is 4.83. The van der Waals surface area contributed by atoms with Crippen molar-refractivity contribution in [2.75, 3.05) is 0 Å². The fourth-order valence-corrected chi connectivity index (χ4v) is 2.64. The molecule has 0 radical (unpaired) electrons. The van der Waals surface area contributed by atoms with Gasteiger partial charge in [0.1, 0.15) is 5.02 Å². The number of rotatable bonds is 3. The van der Waals surface area contributed by atoms with Gasteiger partial charge in [-0.2, -0.15) is 0 Å². The summed E-state index contributed by atoms with van der Waals surface area (Å²) in [6, 6.07) is 19.3. The van der Waals surface area contributed by atoms with Crippen LogP contribution in [0, 0.1) is 10.1 Å². The summed E-state index contributed by atoms with van der Waals surface area (Å²) < 4.78 is 1.30. The van der Waals surface area contributed by atoms with E-state index in [0.29, 0.717) is 11.4 Å². The summed E-state index contributed by atoms with van der Waals surface area (Å²) in [5.74, 6) is 0. The molecule has 114 valence electrons. The predicted octanol–water partition coefficient (Wildman–Crippen LogP) is 4.07.